The first-order valence-electron chi connectivity index (χ1n) is 11.7. The number of nitrogens with zero attached hydrogens (tertiary/aromatic N) is 3. The van der Waals surface area contributed by atoms with E-state index in [1.54, 1.807) is 37.6 Å². The van der Waals surface area contributed by atoms with Gasteiger partial charge in [-0.2, -0.15) is 0 Å². The van der Waals surface area contributed by atoms with E-state index in [0.29, 0.717) is 53.0 Å². The molecule has 0 saturated carbocycles. The molecule has 4 rings (SSSR count). The van der Waals surface area contributed by atoms with E-state index in [0.717, 1.165) is 16.7 Å². The van der Waals surface area contributed by atoms with Crippen molar-refractivity contribution < 1.29 is 23.6 Å². The number of ether oxygens (including phenoxy) is 2. The van der Waals surface area contributed by atoms with Gasteiger partial charge in [0.2, 0.25) is 0 Å². The van der Waals surface area contributed by atoms with Gasteiger partial charge in [-0.25, -0.2) is 14.4 Å². The van der Waals surface area contributed by atoms with E-state index < -0.39 is 22.9 Å². The number of carboxylic acid groups (broad SMARTS) is 1. The lowest BCUT2D eigenvalue weighted by Gasteiger charge is -2.24. The molecule has 2 atom stereocenters. The number of methoxy groups -OCH3 is 1. The number of hydrogen-bond acceptors (Lipinski definition) is 8. The number of carbonyl (C=O) groups is 1. The summed E-state index contributed by atoms with van der Waals surface area (Å²) in [4.78, 5) is 16.5. The number of hydrogen-bond donors (Lipinski definition) is 3. The van der Waals surface area contributed by atoms with Crippen molar-refractivity contribution in [1.82, 2.24) is 9.29 Å². The minimum Gasteiger partial charge on any atom is -0.494 e. The van der Waals surface area contributed by atoms with E-state index in [1.165, 1.54) is 12.1 Å². The summed E-state index contributed by atoms with van der Waals surface area (Å²) >= 11 is 0. The summed E-state index contributed by atoms with van der Waals surface area (Å²) in [5.74, 6) is 5.51. The van der Waals surface area contributed by atoms with Gasteiger partial charge in [0, 0.05) is 38.4 Å². The van der Waals surface area contributed by atoms with Gasteiger partial charge in [-0.1, -0.05) is 18.2 Å². The predicted molar refractivity (Wildman–Crippen MR) is 142 cm³/mol. The maximum atomic E-state index is 13.3. The highest BCUT2D eigenvalue weighted by Crippen LogP contribution is 2.39. The molecule has 11 heteroatoms. The number of nitrogen functional groups attached to an aromatic ring is 1. The Bertz CT molecular complexity index is 1330. The van der Waals surface area contributed by atoms with Crippen molar-refractivity contribution in [2.24, 2.45) is 5.84 Å². The van der Waals surface area contributed by atoms with E-state index in [-0.39, 0.29) is 6.42 Å². The van der Waals surface area contributed by atoms with Crippen LogP contribution in [0.5, 0.6) is 11.5 Å². The van der Waals surface area contributed by atoms with Gasteiger partial charge in [-0.15, -0.1) is 0 Å². The fourth-order valence-electron chi connectivity index (χ4n) is 4.49. The second kappa shape index (κ2) is 11.2. The molecule has 10 nitrogen and oxygen atoms in total. The quantitative estimate of drug-likeness (QED) is 0.230. The molecule has 1 aromatic heterocycles. The van der Waals surface area contributed by atoms with Gasteiger partial charge >= 0.3 is 5.97 Å². The first-order valence-corrected chi connectivity index (χ1v) is 12.8. The first-order chi connectivity index (χ1) is 17.7. The second-order valence-electron chi connectivity index (χ2n) is 8.89. The third kappa shape index (κ3) is 5.68. The molecule has 3 aromatic rings. The number of carboxylic acids is 1. The number of fused-ring (bicyclic) bond motifs is 1. The van der Waals surface area contributed by atoms with Gasteiger partial charge in [0.05, 0.1) is 19.2 Å². The fraction of sp³-hybridized carbons (Fsp3) is 0.308. The van der Waals surface area contributed by atoms with E-state index in [9.17, 15) is 14.1 Å². The number of pyridine rings is 1. The lowest BCUT2D eigenvalue weighted by atomic mass is 9.86. The molecule has 0 saturated heterocycles. The van der Waals surface area contributed by atoms with E-state index in [4.69, 9.17) is 21.1 Å². The summed E-state index contributed by atoms with van der Waals surface area (Å²) in [6.45, 7) is 3.23. The molecule has 37 heavy (non-hydrogen) atoms. The van der Waals surface area contributed by atoms with Crippen molar-refractivity contribution in [3.05, 3.63) is 71.0 Å². The van der Waals surface area contributed by atoms with Gasteiger partial charge in [0.25, 0.3) is 0 Å². The molecule has 0 spiro atoms. The van der Waals surface area contributed by atoms with Crippen LogP contribution in [0.1, 0.15) is 34.6 Å². The Balaban J connectivity index is 1.71. The second-order valence-corrected chi connectivity index (χ2v) is 10.3. The summed E-state index contributed by atoms with van der Waals surface area (Å²) in [7, 11) is 1.71. The molecule has 0 amide bonds. The third-order valence-electron chi connectivity index (χ3n) is 6.37. The molecule has 1 aliphatic heterocycles. The van der Waals surface area contributed by atoms with Crippen LogP contribution < -0.4 is 26.1 Å². The predicted octanol–water partition coefficient (Wildman–Crippen LogP) is 2.81. The molecule has 1 aliphatic rings. The van der Waals surface area contributed by atoms with Crippen LogP contribution in [0.3, 0.4) is 0 Å². The summed E-state index contributed by atoms with van der Waals surface area (Å²) in [5.41, 5.74) is 10.6. The monoisotopic (exact) mass is 525 g/mol. The van der Waals surface area contributed by atoms with Gasteiger partial charge < -0.3 is 25.3 Å². The summed E-state index contributed by atoms with van der Waals surface area (Å²) in [5, 5.41) is 11.1. The maximum Gasteiger partial charge on any atom is 0.304 e. The molecule has 2 aromatic carbocycles. The number of nitrogens with two attached hydrogens (primary N) is 2. The standard InChI is InChI=1S/C26H31N5O5S/c1-16-4-5-17(10-19(16)15-31-8-9-36-22-6-7-29-14-24(22)37(31)34)20(13-25(32)33)18-11-21(27)26(30(2)28)23(12-18)35-3/h4-7,10-12,14,20H,8-9,13,15,27-28H2,1-3H3,(H,32,33). The Labute approximate surface area is 218 Å². The zero-order valence-corrected chi connectivity index (χ0v) is 21.8. The highest BCUT2D eigenvalue weighted by Gasteiger charge is 2.26. The van der Waals surface area contributed by atoms with Crippen LogP contribution in [0.4, 0.5) is 11.4 Å². The summed E-state index contributed by atoms with van der Waals surface area (Å²) in [6, 6.07) is 11.1. The Morgan fingerprint density at radius 2 is 2.08 bits per heavy atom. The average Bonchev–Trinajstić information content (AvgIpc) is 3.01. The van der Waals surface area contributed by atoms with E-state index >= 15 is 0 Å². The van der Waals surface area contributed by atoms with Crippen LogP contribution in [-0.2, 0) is 22.3 Å². The minimum atomic E-state index is -1.45. The number of aromatic nitrogens is 1. The fourth-order valence-corrected chi connectivity index (χ4v) is 5.72. The maximum absolute atomic E-state index is 13.3. The topological polar surface area (TPSA) is 144 Å². The SMILES string of the molecule is COc1cc(C(CC(=O)O)c2ccc(C)c(CN3CCOc4ccncc4S3=O)c2)cc(N)c1N(C)N. The molecular formula is C26H31N5O5S. The molecule has 5 N–H and O–H groups in total. The molecule has 0 bridgehead atoms. The van der Waals surface area contributed by atoms with Crippen LogP contribution in [0.15, 0.2) is 53.7 Å². The van der Waals surface area contributed by atoms with Gasteiger partial charge in [0.15, 0.2) is 0 Å². The summed E-state index contributed by atoms with van der Waals surface area (Å²) < 4.78 is 26.4. The largest absolute Gasteiger partial charge is 0.494 e. The van der Waals surface area contributed by atoms with Gasteiger partial charge in [-0.3, -0.25) is 9.78 Å². The number of aryl methyl sites for hydroxylation is 1. The van der Waals surface area contributed by atoms with E-state index in [1.807, 2.05) is 29.4 Å². The van der Waals surface area contributed by atoms with Crippen LogP contribution >= 0.6 is 0 Å². The smallest absolute Gasteiger partial charge is 0.304 e. The van der Waals surface area contributed by atoms with Crippen LogP contribution in [0, 0.1) is 6.92 Å². The first kappa shape index (κ1) is 26.4. The highest BCUT2D eigenvalue weighted by molar-refractivity contribution is 7.82. The number of anilines is 2. The van der Waals surface area contributed by atoms with Crippen LogP contribution in [0.25, 0.3) is 0 Å². The highest BCUT2D eigenvalue weighted by atomic mass is 32.2. The Morgan fingerprint density at radius 1 is 1.30 bits per heavy atom. The number of hydrazine groups is 1. The van der Waals surface area contributed by atoms with Crippen molar-refractivity contribution >= 4 is 28.3 Å². The lowest BCUT2D eigenvalue weighted by Crippen LogP contribution is -2.28. The van der Waals surface area contributed by atoms with Gasteiger partial charge in [0.1, 0.15) is 39.7 Å². The lowest BCUT2D eigenvalue weighted by molar-refractivity contribution is -0.137. The van der Waals surface area contributed by atoms with Crippen LogP contribution in [-0.4, -0.2) is 51.9 Å². The van der Waals surface area contributed by atoms with Crippen molar-refractivity contribution in [1.29, 1.82) is 0 Å². The average molecular weight is 526 g/mol. The van der Waals surface area contributed by atoms with Crippen molar-refractivity contribution in [3.8, 4) is 11.5 Å². The van der Waals surface area contributed by atoms with Crippen LogP contribution in [0.2, 0.25) is 0 Å². The Kier molecular flexibility index (Phi) is 7.96. The molecule has 196 valence electrons. The number of aliphatic carboxylic acids is 1. The molecule has 2 heterocycles. The van der Waals surface area contributed by atoms with Gasteiger partial charge in [-0.05, 0) is 47.4 Å². The Hall–Kier alpha value is -3.67. The molecule has 0 radical (unpaired) electrons. The molecule has 0 aliphatic carbocycles. The van der Waals surface area contributed by atoms with Crippen molar-refractivity contribution in [2.75, 3.05) is 38.1 Å². The zero-order chi connectivity index (χ0) is 26.7. The number of rotatable bonds is 8. The zero-order valence-electron chi connectivity index (χ0n) is 21.0. The Morgan fingerprint density at radius 3 is 2.78 bits per heavy atom. The van der Waals surface area contributed by atoms with E-state index in [2.05, 4.69) is 4.98 Å². The minimum absolute atomic E-state index is 0.147. The third-order valence-corrected chi connectivity index (χ3v) is 7.83. The molecular weight excluding hydrogens is 494 g/mol. The molecule has 2 unspecified atom stereocenters. The number of benzene rings is 2. The van der Waals surface area contributed by atoms with Crippen molar-refractivity contribution in [3.63, 3.8) is 0 Å². The normalized spacial score (nSPS) is 16.3. The summed E-state index contributed by atoms with van der Waals surface area (Å²) in [6.07, 6.45) is 3.03. The van der Waals surface area contributed by atoms with Crippen molar-refractivity contribution in [2.45, 2.75) is 30.7 Å². The molecule has 0 fully saturated rings.